The highest BCUT2D eigenvalue weighted by atomic mass is 35.5. The van der Waals surface area contributed by atoms with Gasteiger partial charge in [0.2, 0.25) is 0 Å². The van der Waals surface area contributed by atoms with E-state index in [2.05, 4.69) is 88.0 Å². The van der Waals surface area contributed by atoms with Crippen molar-refractivity contribution in [2.45, 2.75) is 110 Å². The van der Waals surface area contributed by atoms with E-state index in [0.29, 0.717) is 29.6 Å². The smallest absolute Gasteiger partial charge is 0.306 e. The summed E-state index contributed by atoms with van der Waals surface area (Å²) in [7, 11) is -0.353. The molecule has 40 heavy (non-hydrogen) atoms. The van der Waals surface area contributed by atoms with Gasteiger partial charge in [0, 0.05) is 18.7 Å². The summed E-state index contributed by atoms with van der Waals surface area (Å²) in [6.07, 6.45) is 6.83. The van der Waals surface area contributed by atoms with Crippen LogP contribution < -0.4 is 10.2 Å². The zero-order chi connectivity index (χ0) is 29.7. The highest BCUT2D eigenvalue weighted by Gasteiger charge is 2.40. The van der Waals surface area contributed by atoms with Gasteiger partial charge in [0.25, 0.3) is 0 Å². The molecule has 1 saturated carbocycles. The first kappa shape index (κ1) is 32.4. The van der Waals surface area contributed by atoms with Crippen LogP contribution in [0.4, 0.5) is 17.1 Å². The standard InChI is InChI=1S/C32H50ClN3O3Si/c1-22(2)21-36(26-12-14-27(15-13-26)39-40(8,9)32(4,5)6)29-16-10-24(23(3)18-31(37)38-7)19-28(29)35-25-11-17-30(33)34-20-25/h10-11,16-17,19-20,22-23,26-27,35H,12-15,18,21H2,1-9H3/t23-,26?,27?/m1/s1. The van der Waals surface area contributed by atoms with Gasteiger partial charge in [-0.1, -0.05) is 59.2 Å². The van der Waals surface area contributed by atoms with Gasteiger partial charge in [-0.05, 0) is 85.5 Å². The summed E-state index contributed by atoms with van der Waals surface area (Å²) >= 11 is 6.06. The largest absolute Gasteiger partial charge is 0.469 e. The lowest BCUT2D eigenvalue weighted by atomic mass is 9.90. The molecule has 1 heterocycles. The van der Waals surface area contributed by atoms with Crippen LogP contribution in [0.1, 0.15) is 85.1 Å². The number of carbonyl (C=O) groups is 1. The van der Waals surface area contributed by atoms with Gasteiger partial charge >= 0.3 is 5.97 Å². The number of hydrogen-bond donors (Lipinski definition) is 1. The molecule has 1 aliphatic carbocycles. The summed E-state index contributed by atoms with van der Waals surface area (Å²) in [6.45, 7) is 19.2. The number of esters is 1. The number of pyridine rings is 1. The topological polar surface area (TPSA) is 63.7 Å². The predicted octanol–water partition coefficient (Wildman–Crippen LogP) is 8.94. The Morgan fingerprint density at radius 3 is 2.35 bits per heavy atom. The highest BCUT2D eigenvalue weighted by molar-refractivity contribution is 6.74. The van der Waals surface area contributed by atoms with Gasteiger partial charge in [0.1, 0.15) is 5.15 Å². The molecule has 0 amide bonds. The fraction of sp³-hybridized carbons (Fsp3) is 0.625. The van der Waals surface area contributed by atoms with Crippen LogP contribution >= 0.6 is 11.6 Å². The van der Waals surface area contributed by atoms with Crippen molar-refractivity contribution in [2.75, 3.05) is 23.9 Å². The molecule has 222 valence electrons. The zero-order valence-electron chi connectivity index (χ0n) is 26.0. The number of ether oxygens (including phenoxy) is 1. The van der Waals surface area contributed by atoms with E-state index in [1.54, 1.807) is 12.3 Å². The van der Waals surface area contributed by atoms with E-state index in [4.69, 9.17) is 20.8 Å². The minimum Gasteiger partial charge on any atom is -0.469 e. The third-order valence-electron chi connectivity index (χ3n) is 8.52. The lowest BCUT2D eigenvalue weighted by Crippen LogP contribution is -2.47. The lowest BCUT2D eigenvalue weighted by molar-refractivity contribution is -0.140. The molecule has 2 aromatic rings. The number of nitrogens with zero attached hydrogens (tertiary/aromatic N) is 2. The SMILES string of the molecule is COC(=O)C[C@@H](C)c1ccc(N(CC(C)C)C2CCC(O[Si](C)(C)C(C)(C)C)CC2)c(Nc2ccc(Cl)nc2)c1. The average molecular weight is 588 g/mol. The number of anilines is 3. The highest BCUT2D eigenvalue weighted by Crippen LogP contribution is 2.41. The van der Waals surface area contributed by atoms with E-state index >= 15 is 0 Å². The molecule has 0 saturated heterocycles. The number of halogens is 1. The average Bonchev–Trinajstić information content (AvgIpc) is 2.88. The molecule has 1 aromatic carbocycles. The number of nitrogens with one attached hydrogen (secondary N) is 1. The summed E-state index contributed by atoms with van der Waals surface area (Å²) in [4.78, 5) is 18.9. The lowest BCUT2D eigenvalue weighted by Gasteiger charge is -2.44. The summed E-state index contributed by atoms with van der Waals surface area (Å²) in [6, 6.07) is 10.7. The van der Waals surface area contributed by atoms with Crippen LogP contribution in [0.5, 0.6) is 0 Å². The van der Waals surface area contributed by atoms with Gasteiger partial charge in [-0.3, -0.25) is 4.79 Å². The molecular formula is C32H50ClN3O3Si. The quantitative estimate of drug-likeness (QED) is 0.161. The summed E-state index contributed by atoms with van der Waals surface area (Å²) < 4.78 is 11.7. The minimum absolute atomic E-state index is 0.0341. The molecule has 8 heteroatoms. The van der Waals surface area contributed by atoms with Crippen LogP contribution in [0, 0.1) is 5.92 Å². The number of methoxy groups -OCH3 is 1. The van der Waals surface area contributed by atoms with Crippen molar-refractivity contribution in [3.05, 3.63) is 47.2 Å². The first-order valence-corrected chi connectivity index (χ1v) is 18.0. The molecule has 3 rings (SSSR count). The number of benzene rings is 1. The number of hydrogen-bond acceptors (Lipinski definition) is 6. The summed E-state index contributed by atoms with van der Waals surface area (Å²) in [5.41, 5.74) is 4.15. The van der Waals surface area contributed by atoms with E-state index in [1.165, 1.54) is 12.8 Å². The third kappa shape index (κ3) is 8.70. The first-order chi connectivity index (χ1) is 18.7. The molecule has 0 spiro atoms. The van der Waals surface area contributed by atoms with Gasteiger partial charge in [-0.2, -0.15) is 0 Å². The fourth-order valence-corrected chi connectivity index (χ4v) is 6.71. The minimum atomic E-state index is -1.79. The Morgan fingerprint density at radius 1 is 1.12 bits per heavy atom. The van der Waals surface area contributed by atoms with Gasteiger partial charge in [0.15, 0.2) is 8.32 Å². The Balaban J connectivity index is 1.90. The van der Waals surface area contributed by atoms with Gasteiger partial charge in [-0.15, -0.1) is 0 Å². The second-order valence-electron chi connectivity index (χ2n) is 13.3. The van der Waals surface area contributed by atoms with E-state index in [9.17, 15) is 4.79 Å². The van der Waals surface area contributed by atoms with E-state index < -0.39 is 8.32 Å². The second-order valence-corrected chi connectivity index (χ2v) is 18.5. The molecule has 6 nitrogen and oxygen atoms in total. The molecule has 0 bridgehead atoms. The Hall–Kier alpha value is -2.09. The number of aromatic nitrogens is 1. The van der Waals surface area contributed by atoms with Crippen molar-refractivity contribution in [2.24, 2.45) is 5.92 Å². The van der Waals surface area contributed by atoms with Gasteiger partial charge < -0.3 is 19.4 Å². The zero-order valence-corrected chi connectivity index (χ0v) is 27.8. The monoisotopic (exact) mass is 587 g/mol. The van der Waals surface area contributed by atoms with Crippen molar-refractivity contribution in [1.29, 1.82) is 0 Å². The maximum Gasteiger partial charge on any atom is 0.306 e. The third-order valence-corrected chi connectivity index (χ3v) is 13.3. The molecule has 1 aliphatic rings. The first-order valence-electron chi connectivity index (χ1n) is 14.7. The van der Waals surface area contributed by atoms with E-state index in [1.807, 2.05) is 6.07 Å². The molecule has 0 aliphatic heterocycles. The van der Waals surface area contributed by atoms with Gasteiger partial charge in [-0.25, -0.2) is 4.98 Å². The molecule has 0 unspecified atom stereocenters. The van der Waals surface area contributed by atoms with Crippen LogP contribution in [0.3, 0.4) is 0 Å². The summed E-state index contributed by atoms with van der Waals surface area (Å²) in [5, 5.41) is 4.30. The predicted molar refractivity (Wildman–Crippen MR) is 171 cm³/mol. The van der Waals surface area contributed by atoms with Crippen LogP contribution in [0.2, 0.25) is 23.3 Å². The molecule has 1 fully saturated rings. The van der Waals surface area contributed by atoms with Crippen molar-refractivity contribution < 1.29 is 14.0 Å². The van der Waals surface area contributed by atoms with Crippen LogP contribution in [-0.4, -0.2) is 45.1 Å². The molecule has 1 atom stereocenters. The Morgan fingerprint density at radius 2 is 1.80 bits per heavy atom. The normalized spacial score (nSPS) is 18.9. The Bertz CT molecular complexity index is 1110. The Labute approximate surface area is 248 Å². The molecule has 0 radical (unpaired) electrons. The Kier molecular flexibility index (Phi) is 11.1. The van der Waals surface area contributed by atoms with Crippen molar-refractivity contribution in [3.8, 4) is 0 Å². The van der Waals surface area contributed by atoms with Gasteiger partial charge in [0.05, 0.1) is 36.8 Å². The van der Waals surface area contributed by atoms with Crippen molar-refractivity contribution in [1.82, 2.24) is 4.98 Å². The maximum absolute atomic E-state index is 12.0. The summed E-state index contributed by atoms with van der Waals surface area (Å²) in [5.74, 6) is 0.335. The molecule has 1 aromatic heterocycles. The second kappa shape index (κ2) is 13.7. The van der Waals surface area contributed by atoms with Crippen molar-refractivity contribution in [3.63, 3.8) is 0 Å². The fourth-order valence-electron chi connectivity index (χ4n) is 5.17. The number of carbonyl (C=O) groups excluding carboxylic acids is 1. The van der Waals surface area contributed by atoms with E-state index in [-0.39, 0.29) is 16.9 Å². The van der Waals surface area contributed by atoms with Crippen LogP contribution in [0.25, 0.3) is 0 Å². The van der Waals surface area contributed by atoms with Crippen molar-refractivity contribution >= 4 is 42.9 Å². The molecule has 1 N–H and O–H groups in total. The van der Waals surface area contributed by atoms with Crippen LogP contribution in [-0.2, 0) is 14.0 Å². The maximum atomic E-state index is 12.0. The van der Waals surface area contributed by atoms with Crippen LogP contribution in [0.15, 0.2) is 36.5 Å². The van der Waals surface area contributed by atoms with E-state index in [0.717, 1.165) is 49.2 Å². The number of rotatable bonds is 11. The molecular weight excluding hydrogens is 538 g/mol.